The number of aliphatic hydroxyl groups is 1. The molecule has 1 fully saturated rings. The average Bonchev–Trinajstić information content (AvgIpc) is 3.23. The zero-order chi connectivity index (χ0) is 25.4. The number of carbonyl (C=O) groups excluding carboxylic acids is 3. The highest BCUT2D eigenvalue weighted by molar-refractivity contribution is 6.00. The lowest BCUT2D eigenvalue weighted by atomic mass is 9.96. The number of piperidine rings is 1. The van der Waals surface area contributed by atoms with Gasteiger partial charge in [-0.3, -0.25) is 15.0 Å². The Hall–Kier alpha value is -4.06. The van der Waals surface area contributed by atoms with Gasteiger partial charge in [0.15, 0.2) is 0 Å². The van der Waals surface area contributed by atoms with Crippen molar-refractivity contribution in [2.45, 2.75) is 38.3 Å². The number of amidine groups is 1. The van der Waals surface area contributed by atoms with E-state index in [1.807, 2.05) is 11.0 Å². The lowest BCUT2D eigenvalue weighted by molar-refractivity contribution is -0.121. The number of nitrogens with one attached hydrogen (secondary N) is 2. The topological polar surface area (TPSA) is 140 Å². The number of aldehydes is 1. The third-order valence-electron chi connectivity index (χ3n) is 6.33. The van der Waals surface area contributed by atoms with E-state index >= 15 is 0 Å². The zero-order valence-electron chi connectivity index (χ0n) is 19.8. The predicted octanol–water partition coefficient (Wildman–Crippen LogP) is 1.69. The number of hydrogen-bond donors (Lipinski definition) is 4. The number of nitrogens with two attached hydrogens (primary N) is 1. The van der Waals surface area contributed by atoms with E-state index in [0.717, 1.165) is 36.5 Å². The fraction of sp³-hybridized carbons (Fsp3) is 0.385. The minimum Gasteiger partial charge on any atom is -0.513 e. The third-order valence-corrected chi connectivity index (χ3v) is 6.33. The molecule has 3 rings (SSSR count). The molecule has 2 aliphatic rings. The Labute approximate surface area is 205 Å². The Morgan fingerprint density at radius 2 is 2.09 bits per heavy atom. The first-order chi connectivity index (χ1) is 16.9. The molecule has 9 heteroatoms. The van der Waals surface area contributed by atoms with Crippen LogP contribution in [0, 0.1) is 23.2 Å². The molecule has 0 spiro atoms. The number of hydrogen-bond acceptors (Lipinski definition) is 6. The van der Waals surface area contributed by atoms with Gasteiger partial charge in [-0.2, -0.15) is 0 Å². The second-order valence-electron chi connectivity index (χ2n) is 8.56. The molecule has 2 aliphatic heterocycles. The van der Waals surface area contributed by atoms with Gasteiger partial charge in [-0.25, -0.2) is 0 Å². The van der Waals surface area contributed by atoms with Crippen LogP contribution in [0.3, 0.4) is 0 Å². The Bertz CT molecular complexity index is 1110. The quantitative estimate of drug-likeness (QED) is 0.118. The van der Waals surface area contributed by atoms with Gasteiger partial charge < -0.3 is 30.8 Å². The first-order valence-corrected chi connectivity index (χ1v) is 11.6. The smallest absolute Gasteiger partial charge is 0.255 e. The maximum Gasteiger partial charge on any atom is 0.255 e. The molecule has 2 heterocycles. The van der Waals surface area contributed by atoms with Crippen molar-refractivity contribution in [3.63, 3.8) is 0 Å². The lowest BCUT2D eigenvalue weighted by Crippen LogP contribution is -2.37. The van der Waals surface area contributed by atoms with Gasteiger partial charge in [0, 0.05) is 50.1 Å². The van der Waals surface area contributed by atoms with Crippen molar-refractivity contribution in [3.8, 4) is 11.8 Å². The van der Waals surface area contributed by atoms with Gasteiger partial charge >= 0.3 is 0 Å². The van der Waals surface area contributed by atoms with Gasteiger partial charge in [0.25, 0.3) is 5.91 Å². The molecule has 35 heavy (non-hydrogen) atoms. The second kappa shape index (κ2) is 11.9. The summed E-state index contributed by atoms with van der Waals surface area (Å²) >= 11 is 0. The van der Waals surface area contributed by atoms with Crippen LogP contribution in [0.1, 0.15) is 47.2 Å². The van der Waals surface area contributed by atoms with Crippen LogP contribution in [-0.4, -0.2) is 65.0 Å². The summed E-state index contributed by atoms with van der Waals surface area (Å²) in [6.45, 7) is 1.68. The van der Waals surface area contributed by atoms with Crippen molar-refractivity contribution in [1.82, 2.24) is 15.1 Å². The van der Waals surface area contributed by atoms with Crippen LogP contribution in [0.15, 0.2) is 42.3 Å². The van der Waals surface area contributed by atoms with Crippen molar-refractivity contribution >= 4 is 23.9 Å². The Morgan fingerprint density at radius 1 is 1.34 bits per heavy atom. The highest BCUT2D eigenvalue weighted by Gasteiger charge is 2.34. The molecule has 1 aromatic rings. The van der Waals surface area contributed by atoms with Gasteiger partial charge in [-0.1, -0.05) is 17.9 Å². The molecule has 0 bridgehead atoms. The van der Waals surface area contributed by atoms with E-state index in [4.69, 9.17) is 16.2 Å². The molecule has 1 aromatic carbocycles. The number of fused-ring (bicyclic) bond motifs is 1. The van der Waals surface area contributed by atoms with Crippen LogP contribution in [0.5, 0.6) is 0 Å². The molecule has 1 atom stereocenters. The highest BCUT2D eigenvalue weighted by atomic mass is 16.2. The van der Waals surface area contributed by atoms with Crippen molar-refractivity contribution in [1.29, 1.82) is 5.41 Å². The van der Waals surface area contributed by atoms with E-state index in [2.05, 4.69) is 17.2 Å². The second-order valence-corrected chi connectivity index (χ2v) is 8.56. The molecule has 2 amide bonds. The fourth-order valence-corrected chi connectivity index (χ4v) is 4.21. The van der Waals surface area contributed by atoms with Crippen molar-refractivity contribution < 1.29 is 19.5 Å². The van der Waals surface area contributed by atoms with Crippen molar-refractivity contribution in [2.24, 2.45) is 11.7 Å². The molecule has 9 nitrogen and oxygen atoms in total. The van der Waals surface area contributed by atoms with E-state index in [1.165, 1.54) is 18.0 Å². The van der Waals surface area contributed by atoms with Gasteiger partial charge in [0.2, 0.25) is 5.91 Å². The normalized spacial score (nSPS) is 17.1. The largest absolute Gasteiger partial charge is 0.513 e. The zero-order valence-corrected chi connectivity index (χ0v) is 19.8. The predicted molar refractivity (Wildman–Crippen MR) is 132 cm³/mol. The van der Waals surface area contributed by atoms with Crippen molar-refractivity contribution in [2.75, 3.05) is 20.1 Å². The molecule has 1 unspecified atom stereocenters. The molecule has 0 saturated carbocycles. The standard InChI is InChI=1S/C26H31N5O4/c1-29-25(34)10-8-21(17-33)31-15-23-19(3-2-4-22(23)26(31)35)6-5-18-11-13-30(14-12-18)24(28)9-7-20(27)16-32/h2-4,7,9,16-18,21,28,32H,8,10-15,27H2,1H3,(H,29,34)/b9-7-,20-16-,28-24?. The molecule has 5 N–H and O–H groups in total. The Morgan fingerprint density at radius 3 is 2.74 bits per heavy atom. The highest BCUT2D eigenvalue weighted by Crippen LogP contribution is 2.28. The number of benzene rings is 1. The van der Waals surface area contributed by atoms with Crippen LogP contribution in [0.2, 0.25) is 0 Å². The maximum absolute atomic E-state index is 12.9. The first-order valence-electron chi connectivity index (χ1n) is 11.6. The summed E-state index contributed by atoms with van der Waals surface area (Å²) in [6, 6.07) is 4.77. The lowest BCUT2D eigenvalue weighted by Gasteiger charge is -2.30. The van der Waals surface area contributed by atoms with E-state index < -0.39 is 6.04 Å². The maximum atomic E-state index is 12.9. The fourth-order valence-electron chi connectivity index (χ4n) is 4.21. The average molecular weight is 478 g/mol. The van der Waals surface area contributed by atoms with Gasteiger partial charge in [0.1, 0.15) is 18.4 Å². The first kappa shape index (κ1) is 25.6. The van der Waals surface area contributed by atoms with Crippen LogP contribution >= 0.6 is 0 Å². The number of aliphatic hydroxyl groups excluding tert-OH is 1. The van der Waals surface area contributed by atoms with Gasteiger partial charge in [-0.05, 0) is 49.1 Å². The number of likely N-dealkylation sites (tertiary alicyclic amines) is 1. The summed E-state index contributed by atoms with van der Waals surface area (Å²) < 4.78 is 0. The Kier molecular flexibility index (Phi) is 8.68. The molecule has 0 aliphatic carbocycles. The molecule has 1 saturated heterocycles. The van der Waals surface area contributed by atoms with E-state index in [-0.39, 0.29) is 36.3 Å². The number of amides is 2. The molecule has 0 aromatic heterocycles. The third kappa shape index (κ3) is 6.29. The molecular formula is C26H31N5O4. The van der Waals surface area contributed by atoms with Crippen LogP contribution in [0.4, 0.5) is 0 Å². The van der Waals surface area contributed by atoms with E-state index in [1.54, 1.807) is 18.2 Å². The minimum atomic E-state index is -0.662. The molecular weight excluding hydrogens is 446 g/mol. The van der Waals surface area contributed by atoms with Crippen LogP contribution in [-0.2, 0) is 16.1 Å². The summed E-state index contributed by atoms with van der Waals surface area (Å²) in [6.07, 6.45) is 6.63. The number of rotatable bonds is 7. The van der Waals surface area contributed by atoms with Gasteiger partial charge in [0.05, 0.1) is 11.7 Å². The summed E-state index contributed by atoms with van der Waals surface area (Å²) in [7, 11) is 1.54. The van der Waals surface area contributed by atoms with Crippen LogP contribution in [0.25, 0.3) is 0 Å². The number of allylic oxidation sites excluding steroid dienone is 1. The Balaban J connectivity index is 1.64. The van der Waals surface area contributed by atoms with E-state index in [0.29, 0.717) is 31.0 Å². The minimum absolute atomic E-state index is 0.170. The summed E-state index contributed by atoms with van der Waals surface area (Å²) in [5, 5.41) is 19.5. The van der Waals surface area contributed by atoms with Crippen molar-refractivity contribution in [3.05, 3.63) is 59.0 Å². The molecule has 0 radical (unpaired) electrons. The van der Waals surface area contributed by atoms with Crippen LogP contribution < -0.4 is 11.1 Å². The number of nitrogens with zero attached hydrogens (tertiary/aromatic N) is 2. The summed E-state index contributed by atoms with van der Waals surface area (Å²) in [5.74, 6) is 6.69. The summed E-state index contributed by atoms with van der Waals surface area (Å²) in [4.78, 5) is 39.7. The molecule has 184 valence electrons. The summed E-state index contributed by atoms with van der Waals surface area (Å²) in [5.41, 5.74) is 7.85. The monoisotopic (exact) mass is 477 g/mol. The van der Waals surface area contributed by atoms with E-state index in [9.17, 15) is 14.4 Å². The van der Waals surface area contributed by atoms with Gasteiger partial charge in [-0.15, -0.1) is 0 Å². The number of carbonyl (C=O) groups is 3. The SMILES string of the molecule is CNC(=O)CCC(C=O)N1Cc2c(C#CC3CCN(C(=N)/C=C\C(N)=C\O)CC3)cccc2C1=O.